The Morgan fingerprint density at radius 2 is 2.00 bits per heavy atom. The van der Waals surface area contributed by atoms with Crippen LogP contribution in [0.5, 0.6) is 17.4 Å². The highest BCUT2D eigenvalue weighted by atomic mass is 19.1. The van der Waals surface area contributed by atoms with Gasteiger partial charge >= 0.3 is 0 Å². The van der Waals surface area contributed by atoms with E-state index in [1.807, 2.05) is 0 Å². The minimum atomic E-state index is -0.780. The molecule has 3 rings (SSSR count). The van der Waals surface area contributed by atoms with Crippen LogP contribution in [-0.4, -0.2) is 24.7 Å². The van der Waals surface area contributed by atoms with Crippen molar-refractivity contribution in [2.24, 2.45) is 5.92 Å². The van der Waals surface area contributed by atoms with Crippen molar-refractivity contribution in [2.75, 3.05) is 19.7 Å². The lowest BCUT2D eigenvalue weighted by molar-refractivity contribution is 0.211. The van der Waals surface area contributed by atoms with Gasteiger partial charge in [0.05, 0.1) is 6.61 Å². The quantitative estimate of drug-likeness (QED) is 0.915. The van der Waals surface area contributed by atoms with E-state index in [-0.39, 0.29) is 5.88 Å². The van der Waals surface area contributed by atoms with Gasteiger partial charge in [0.15, 0.2) is 17.4 Å². The summed E-state index contributed by atoms with van der Waals surface area (Å²) in [4.78, 5) is 4.02. The molecule has 1 unspecified atom stereocenters. The second-order valence-electron chi connectivity index (χ2n) is 5.48. The lowest BCUT2D eigenvalue weighted by atomic mass is 10.0. The summed E-state index contributed by atoms with van der Waals surface area (Å²) in [5, 5.41) is 3.31. The lowest BCUT2D eigenvalue weighted by Crippen LogP contribution is -2.33. The molecule has 0 radical (unpaired) electrons. The third-order valence-corrected chi connectivity index (χ3v) is 3.73. The summed E-state index contributed by atoms with van der Waals surface area (Å²) < 4.78 is 38.5. The van der Waals surface area contributed by atoms with E-state index in [4.69, 9.17) is 9.47 Å². The lowest BCUT2D eigenvalue weighted by Gasteiger charge is -2.23. The molecule has 0 spiro atoms. The zero-order chi connectivity index (χ0) is 16.1. The van der Waals surface area contributed by atoms with Crippen LogP contribution in [0.3, 0.4) is 0 Å². The van der Waals surface area contributed by atoms with E-state index in [1.165, 1.54) is 12.3 Å². The van der Waals surface area contributed by atoms with E-state index in [9.17, 15) is 8.78 Å². The first-order valence-corrected chi connectivity index (χ1v) is 7.64. The standard InChI is InChI=1S/C17H18F2N2O2/c18-13-5-1-6-14(19)16(13)23-17-15(7-3-9-21-17)22-11-12-4-2-8-20-10-12/h1,3,5-7,9,12,20H,2,4,8,10-11H2. The van der Waals surface area contributed by atoms with Crippen molar-refractivity contribution in [3.63, 3.8) is 0 Å². The summed E-state index contributed by atoms with van der Waals surface area (Å²) >= 11 is 0. The maximum absolute atomic E-state index is 13.7. The fourth-order valence-corrected chi connectivity index (χ4v) is 2.51. The van der Waals surface area contributed by atoms with Crippen molar-refractivity contribution in [1.82, 2.24) is 10.3 Å². The molecule has 0 amide bonds. The molecule has 1 aliphatic rings. The molecule has 1 aromatic heterocycles. The molecular weight excluding hydrogens is 302 g/mol. The second-order valence-corrected chi connectivity index (χ2v) is 5.48. The van der Waals surface area contributed by atoms with Crippen LogP contribution in [0.25, 0.3) is 0 Å². The van der Waals surface area contributed by atoms with Crippen LogP contribution < -0.4 is 14.8 Å². The predicted molar refractivity (Wildman–Crippen MR) is 81.8 cm³/mol. The normalized spacial score (nSPS) is 17.7. The monoisotopic (exact) mass is 320 g/mol. The molecule has 4 nitrogen and oxygen atoms in total. The largest absolute Gasteiger partial charge is 0.488 e. The molecule has 0 aliphatic carbocycles. The molecule has 1 saturated heterocycles. The first-order chi connectivity index (χ1) is 11.2. The van der Waals surface area contributed by atoms with Crippen LogP contribution in [0.1, 0.15) is 12.8 Å². The summed E-state index contributed by atoms with van der Waals surface area (Å²) in [5.41, 5.74) is 0. The Kier molecular flexibility index (Phi) is 5.02. The van der Waals surface area contributed by atoms with Gasteiger partial charge in [-0.15, -0.1) is 0 Å². The number of aromatic nitrogens is 1. The third-order valence-electron chi connectivity index (χ3n) is 3.73. The van der Waals surface area contributed by atoms with Crippen LogP contribution in [-0.2, 0) is 0 Å². The number of nitrogens with one attached hydrogen (secondary N) is 1. The van der Waals surface area contributed by atoms with Crippen molar-refractivity contribution in [3.8, 4) is 17.4 Å². The maximum Gasteiger partial charge on any atom is 0.262 e. The van der Waals surface area contributed by atoms with Crippen molar-refractivity contribution in [1.29, 1.82) is 0 Å². The highest BCUT2D eigenvalue weighted by Gasteiger charge is 2.17. The van der Waals surface area contributed by atoms with Crippen molar-refractivity contribution in [2.45, 2.75) is 12.8 Å². The van der Waals surface area contributed by atoms with Crippen LogP contribution in [0.4, 0.5) is 8.78 Å². The number of benzene rings is 1. The van der Waals surface area contributed by atoms with Gasteiger partial charge in [-0.05, 0) is 43.7 Å². The van der Waals surface area contributed by atoms with Gasteiger partial charge in [-0.3, -0.25) is 0 Å². The van der Waals surface area contributed by atoms with Crippen molar-refractivity contribution in [3.05, 3.63) is 48.2 Å². The van der Waals surface area contributed by atoms with Gasteiger partial charge in [-0.1, -0.05) is 6.07 Å². The average molecular weight is 320 g/mol. The predicted octanol–water partition coefficient (Wildman–Crippen LogP) is 3.53. The Balaban J connectivity index is 1.72. The third kappa shape index (κ3) is 3.96. The van der Waals surface area contributed by atoms with Crippen LogP contribution in [0, 0.1) is 17.6 Å². The molecule has 2 aromatic rings. The number of pyridine rings is 1. The summed E-state index contributed by atoms with van der Waals surface area (Å²) in [5.74, 6) is -1.20. The highest BCUT2D eigenvalue weighted by molar-refractivity contribution is 5.38. The summed E-state index contributed by atoms with van der Waals surface area (Å²) in [7, 11) is 0. The topological polar surface area (TPSA) is 43.4 Å². The first kappa shape index (κ1) is 15.7. The van der Waals surface area contributed by atoms with Gasteiger partial charge in [0.2, 0.25) is 5.75 Å². The van der Waals surface area contributed by atoms with E-state index in [0.717, 1.165) is 38.1 Å². The minimum absolute atomic E-state index is 0.0558. The van der Waals surface area contributed by atoms with Gasteiger partial charge in [-0.2, -0.15) is 0 Å². The number of ether oxygens (including phenoxy) is 2. The van der Waals surface area contributed by atoms with Gasteiger partial charge < -0.3 is 14.8 Å². The van der Waals surface area contributed by atoms with Crippen molar-refractivity contribution >= 4 is 0 Å². The van der Waals surface area contributed by atoms with E-state index < -0.39 is 17.4 Å². The Morgan fingerprint density at radius 1 is 1.17 bits per heavy atom. The van der Waals surface area contributed by atoms with Gasteiger partial charge in [0.25, 0.3) is 5.88 Å². The molecular formula is C17H18F2N2O2. The van der Waals surface area contributed by atoms with Gasteiger partial charge in [0.1, 0.15) is 0 Å². The van der Waals surface area contributed by atoms with Crippen LogP contribution >= 0.6 is 0 Å². The molecule has 6 heteroatoms. The Bertz CT molecular complexity index is 641. The molecule has 1 atom stereocenters. The number of hydrogen-bond acceptors (Lipinski definition) is 4. The minimum Gasteiger partial charge on any atom is -0.488 e. The van der Waals surface area contributed by atoms with Crippen molar-refractivity contribution < 1.29 is 18.3 Å². The summed E-state index contributed by atoms with van der Waals surface area (Å²) in [6, 6.07) is 6.92. The van der Waals surface area contributed by atoms with E-state index in [1.54, 1.807) is 12.1 Å². The zero-order valence-electron chi connectivity index (χ0n) is 12.6. The second kappa shape index (κ2) is 7.37. The Hall–Kier alpha value is -2.21. The van der Waals surface area contributed by atoms with Gasteiger partial charge in [-0.25, -0.2) is 13.8 Å². The average Bonchev–Trinajstić information content (AvgIpc) is 2.58. The summed E-state index contributed by atoms with van der Waals surface area (Å²) in [6.45, 7) is 2.44. The van der Waals surface area contributed by atoms with Crippen LogP contribution in [0.15, 0.2) is 36.5 Å². The number of halogens is 2. The molecule has 1 aromatic carbocycles. The summed E-state index contributed by atoms with van der Waals surface area (Å²) in [6.07, 6.45) is 3.69. The number of para-hydroxylation sites is 1. The van der Waals surface area contributed by atoms with Gasteiger partial charge in [0, 0.05) is 18.7 Å². The molecule has 0 saturated carbocycles. The Morgan fingerprint density at radius 3 is 2.74 bits per heavy atom. The molecule has 23 heavy (non-hydrogen) atoms. The Labute approximate surface area is 133 Å². The van der Waals surface area contributed by atoms with Crippen LogP contribution in [0.2, 0.25) is 0 Å². The zero-order valence-corrected chi connectivity index (χ0v) is 12.6. The maximum atomic E-state index is 13.7. The number of rotatable bonds is 5. The smallest absolute Gasteiger partial charge is 0.262 e. The molecule has 0 bridgehead atoms. The number of nitrogens with zero attached hydrogens (tertiary/aromatic N) is 1. The molecule has 1 aliphatic heterocycles. The number of hydrogen-bond donors (Lipinski definition) is 1. The fourth-order valence-electron chi connectivity index (χ4n) is 2.51. The number of piperidine rings is 1. The van der Waals surface area contributed by atoms with E-state index in [2.05, 4.69) is 10.3 Å². The fraction of sp³-hybridized carbons (Fsp3) is 0.353. The SMILES string of the molecule is Fc1cccc(F)c1Oc1ncccc1OCC1CCCNC1. The molecule has 1 fully saturated rings. The highest BCUT2D eigenvalue weighted by Crippen LogP contribution is 2.32. The van der Waals surface area contributed by atoms with E-state index >= 15 is 0 Å². The molecule has 1 N–H and O–H groups in total. The molecule has 122 valence electrons. The molecule has 2 heterocycles. The van der Waals surface area contributed by atoms with E-state index in [0.29, 0.717) is 18.3 Å². The first-order valence-electron chi connectivity index (χ1n) is 7.64.